The highest BCUT2D eigenvalue weighted by atomic mass is 16.5. The van der Waals surface area contributed by atoms with Gasteiger partial charge in [-0.25, -0.2) is 4.52 Å². The highest BCUT2D eigenvalue weighted by Gasteiger charge is 2.18. The van der Waals surface area contributed by atoms with Crippen molar-refractivity contribution < 1.29 is 4.74 Å². The standard InChI is InChI=1S/C15H16N6O/c16-15-18-14-13(17-5-6-21(14)19-15)11-3-1-2-4-12(11)20-7-9-22-10-8-20/h1-6H,7-10H2,(H2,16,19). The van der Waals surface area contributed by atoms with Crippen molar-refractivity contribution in [3.8, 4) is 11.3 Å². The molecule has 4 rings (SSSR count). The number of hydrogen-bond acceptors (Lipinski definition) is 6. The number of para-hydroxylation sites is 1. The van der Waals surface area contributed by atoms with Gasteiger partial charge in [-0.1, -0.05) is 18.2 Å². The number of aromatic nitrogens is 4. The van der Waals surface area contributed by atoms with E-state index in [-0.39, 0.29) is 5.95 Å². The van der Waals surface area contributed by atoms with Crippen LogP contribution < -0.4 is 10.6 Å². The molecule has 22 heavy (non-hydrogen) atoms. The van der Waals surface area contributed by atoms with Gasteiger partial charge in [-0.15, -0.1) is 5.10 Å². The maximum absolute atomic E-state index is 5.72. The lowest BCUT2D eigenvalue weighted by Crippen LogP contribution is -2.36. The van der Waals surface area contributed by atoms with Gasteiger partial charge in [0.05, 0.1) is 13.2 Å². The fourth-order valence-corrected chi connectivity index (χ4v) is 2.78. The Balaban J connectivity index is 1.87. The van der Waals surface area contributed by atoms with E-state index in [2.05, 4.69) is 32.1 Å². The Kier molecular flexibility index (Phi) is 3.12. The van der Waals surface area contributed by atoms with Crippen LogP contribution in [0.5, 0.6) is 0 Å². The van der Waals surface area contributed by atoms with Crippen LogP contribution in [-0.4, -0.2) is 45.9 Å². The van der Waals surface area contributed by atoms with Gasteiger partial charge in [-0.2, -0.15) is 4.98 Å². The van der Waals surface area contributed by atoms with Crippen LogP contribution in [0.25, 0.3) is 16.9 Å². The number of fused-ring (bicyclic) bond motifs is 1. The zero-order valence-corrected chi connectivity index (χ0v) is 12.0. The summed E-state index contributed by atoms with van der Waals surface area (Å²) in [4.78, 5) is 11.1. The Morgan fingerprint density at radius 2 is 1.95 bits per heavy atom. The molecule has 0 bridgehead atoms. The Morgan fingerprint density at radius 1 is 1.14 bits per heavy atom. The molecule has 0 atom stereocenters. The molecule has 2 aromatic heterocycles. The van der Waals surface area contributed by atoms with Gasteiger partial charge < -0.3 is 15.4 Å². The molecule has 3 heterocycles. The maximum Gasteiger partial charge on any atom is 0.240 e. The fourth-order valence-electron chi connectivity index (χ4n) is 2.78. The fraction of sp³-hybridized carbons (Fsp3) is 0.267. The average Bonchev–Trinajstić information content (AvgIpc) is 2.96. The lowest BCUT2D eigenvalue weighted by atomic mass is 10.1. The van der Waals surface area contributed by atoms with Gasteiger partial charge in [0.1, 0.15) is 5.69 Å². The summed E-state index contributed by atoms with van der Waals surface area (Å²) < 4.78 is 7.10. The van der Waals surface area contributed by atoms with Gasteiger partial charge in [-0.05, 0) is 6.07 Å². The molecule has 0 radical (unpaired) electrons. The van der Waals surface area contributed by atoms with Crippen molar-refractivity contribution in [1.29, 1.82) is 0 Å². The number of anilines is 2. The third-order valence-electron chi connectivity index (χ3n) is 3.78. The number of nitrogens with zero attached hydrogens (tertiary/aromatic N) is 5. The summed E-state index contributed by atoms with van der Waals surface area (Å²) >= 11 is 0. The molecule has 1 aliphatic heterocycles. The minimum atomic E-state index is 0.248. The second-order valence-corrected chi connectivity index (χ2v) is 5.13. The van der Waals surface area contributed by atoms with Crippen LogP contribution in [0.3, 0.4) is 0 Å². The van der Waals surface area contributed by atoms with E-state index >= 15 is 0 Å². The van der Waals surface area contributed by atoms with Crippen LogP contribution in [0.2, 0.25) is 0 Å². The molecule has 1 aromatic carbocycles. The van der Waals surface area contributed by atoms with Crippen LogP contribution in [0.4, 0.5) is 11.6 Å². The highest BCUT2D eigenvalue weighted by Crippen LogP contribution is 2.31. The third kappa shape index (κ3) is 2.15. The SMILES string of the molecule is Nc1nc2c(-c3ccccc3N3CCOCC3)nccn2n1. The highest BCUT2D eigenvalue weighted by molar-refractivity contribution is 5.84. The molecule has 0 saturated carbocycles. The molecule has 1 fully saturated rings. The number of hydrogen-bond donors (Lipinski definition) is 1. The quantitative estimate of drug-likeness (QED) is 0.765. The van der Waals surface area contributed by atoms with Gasteiger partial charge in [-0.3, -0.25) is 4.98 Å². The van der Waals surface area contributed by atoms with Crippen LogP contribution in [0, 0.1) is 0 Å². The van der Waals surface area contributed by atoms with E-state index in [9.17, 15) is 0 Å². The van der Waals surface area contributed by atoms with Gasteiger partial charge in [0.15, 0.2) is 5.65 Å². The smallest absolute Gasteiger partial charge is 0.240 e. The van der Waals surface area contributed by atoms with Crippen LogP contribution >= 0.6 is 0 Å². The number of rotatable bonds is 2. The number of nitrogens with two attached hydrogens (primary N) is 1. The van der Waals surface area contributed by atoms with E-state index in [4.69, 9.17) is 10.5 Å². The van der Waals surface area contributed by atoms with E-state index in [1.807, 2.05) is 12.1 Å². The van der Waals surface area contributed by atoms with Crippen LogP contribution in [-0.2, 0) is 4.74 Å². The number of nitrogen functional groups attached to an aromatic ring is 1. The lowest BCUT2D eigenvalue weighted by molar-refractivity contribution is 0.123. The Hall–Kier alpha value is -2.67. The first-order valence-corrected chi connectivity index (χ1v) is 7.22. The predicted molar refractivity (Wildman–Crippen MR) is 83.7 cm³/mol. The summed E-state index contributed by atoms with van der Waals surface area (Å²) in [6.07, 6.45) is 3.46. The number of benzene rings is 1. The largest absolute Gasteiger partial charge is 0.378 e. The van der Waals surface area contributed by atoms with Crippen molar-refractivity contribution in [3.63, 3.8) is 0 Å². The molecule has 1 aliphatic rings. The van der Waals surface area contributed by atoms with E-state index in [0.29, 0.717) is 5.65 Å². The summed E-state index contributed by atoms with van der Waals surface area (Å²) in [6, 6.07) is 8.19. The van der Waals surface area contributed by atoms with E-state index in [1.54, 1.807) is 16.9 Å². The van der Waals surface area contributed by atoms with E-state index < -0.39 is 0 Å². The van der Waals surface area contributed by atoms with Gasteiger partial charge in [0, 0.05) is 36.7 Å². The summed E-state index contributed by atoms with van der Waals surface area (Å²) in [6.45, 7) is 3.22. The Labute approximate surface area is 127 Å². The first kappa shape index (κ1) is 13.0. The monoisotopic (exact) mass is 296 g/mol. The van der Waals surface area contributed by atoms with Gasteiger partial charge >= 0.3 is 0 Å². The zero-order chi connectivity index (χ0) is 14.9. The van der Waals surface area contributed by atoms with Gasteiger partial charge in [0.2, 0.25) is 5.95 Å². The van der Waals surface area contributed by atoms with E-state index in [1.165, 1.54) is 0 Å². The molecule has 0 amide bonds. The van der Waals surface area contributed by atoms with Crippen LogP contribution in [0.15, 0.2) is 36.7 Å². The predicted octanol–water partition coefficient (Wildman–Crippen LogP) is 1.21. The summed E-state index contributed by atoms with van der Waals surface area (Å²) in [5.74, 6) is 0.248. The topological polar surface area (TPSA) is 81.6 Å². The van der Waals surface area contributed by atoms with Gasteiger partial charge in [0.25, 0.3) is 0 Å². The number of morpholine rings is 1. The Morgan fingerprint density at radius 3 is 2.82 bits per heavy atom. The third-order valence-corrected chi connectivity index (χ3v) is 3.78. The van der Waals surface area contributed by atoms with Crippen molar-refractivity contribution in [2.75, 3.05) is 36.9 Å². The zero-order valence-electron chi connectivity index (χ0n) is 12.0. The second-order valence-electron chi connectivity index (χ2n) is 5.13. The lowest BCUT2D eigenvalue weighted by Gasteiger charge is -2.30. The summed E-state index contributed by atoms with van der Waals surface area (Å²) in [7, 11) is 0. The molecule has 2 N–H and O–H groups in total. The molecule has 0 spiro atoms. The number of ether oxygens (including phenoxy) is 1. The molecule has 0 unspecified atom stereocenters. The van der Waals surface area contributed by atoms with Crippen LogP contribution in [0.1, 0.15) is 0 Å². The van der Waals surface area contributed by atoms with Crippen molar-refractivity contribution in [2.24, 2.45) is 0 Å². The van der Waals surface area contributed by atoms with Crippen molar-refractivity contribution in [1.82, 2.24) is 19.6 Å². The Bertz CT molecular complexity index is 809. The minimum absolute atomic E-state index is 0.248. The minimum Gasteiger partial charge on any atom is -0.378 e. The molecule has 7 nitrogen and oxygen atoms in total. The maximum atomic E-state index is 5.72. The first-order valence-electron chi connectivity index (χ1n) is 7.22. The molecular weight excluding hydrogens is 280 g/mol. The summed E-state index contributed by atoms with van der Waals surface area (Å²) in [5, 5.41) is 4.15. The molecule has 3 aromatic rings. The van der Waals surface area contributed by atoms with Crippen molar-refractivity contribution >= 4 is 17.3 Å². The summed E-state index contributed by atoms with van der Waals surface area (Å²) in [5.41, 5.74) is 9.34. The molecule has 0 aliphatic carbocycles. The molecule has 112 valence electrons. The molecule has 7 heteroatoms. The van der Waals surface area contributed by atoms with Crippen molar-refractivity contribution in [3.05, 3.63) is 36.7 Å². The van der Waals surface area contributed by atoms with E-state index in [0.717, 1.165) is 43.2 Å². The normalized spacial score (nSPS) is 15.4. The first-order chi connectivity index (χ1) is 10.8. The van der Waals surface area contributed by atoms with Crippen molar-refractivity contribution in [2.45, 2.75) is 0 Å². The average molecular weight is 296 g/mol. The second kappa shape index (κ2) is 5.27. The molecular formula is C15H16N6O. The molecule has 1 saturated heterocycles.